The van der Waals surface area contributed by atoms with Gasteiger partial charge in [-0.25, -0.2) is 4.39 Å². The van der Waals surface area contributed by atoms with Gasteiger partial charge in [-0.3, -0.25) is 4.79 Å². The first-order valence-corrected chi connectivity index (χ1v) is 8.39. The number of nitrogens with one attached hydrogen (secondary N) is 1. The van der Waals surface area contributed by atoms with Gasteiger partial charge in [0.1, 0.15) is 5.82 Å². The van der Waals surface area contributed by atoms with E-state index in [0.29, 0.717) is 24.8 Å². The Labute approximate surface area is 141 Å². The van der Waals surface area contributed by atoms with Crippen molar-refractivity contribution in [3.05, 3.63) is 71.5 Å². The van der Waals surface area contributed by atoms with Crippen molar-refractivity contribution in [3.63, 3.8) is 0 Å². The van der Waals surface area contributed by atoms with Crippen LogP contribution in [0.15, 0.2) is 54.6 Å². The van der Waals surface area contributed by atoms with Crippen LogP contribution in [0.1, 0.15) is 36.4 Å². The lowest BCUT2D eigenvalue weighted by molar-refractivity contribution is -0.123. The van der Waals surface area contributed by atoms with Crippen molar-refractivity contribution in [2.24, 2.45) is 5.92 Å². The number of halogens is 1. The van der Waals surface area contributed by atoms with Crippen molar-refractivity contribution in [1.82, 2.24) is 5.32 Å². The Kier molecular flexibility index (Phi) is 5.26. The highest BCUT2D eigenvalue weighted by atomic mass is 19.1. The summed E-state index contributed by atoms with van der Waals surface area (Å²) < 4.78 is 13.6. The summed E-state index contributed by atoms with van der Waals surface area (Å²) >= 11 is 0. The molecule has 0 saturated heterocycles. The van der Waals surface area contributed by atoms with E-state index in [4.69, 9.17) is 0 Å². The minimum absolute atomic E-state index is 0.0894. The molecule has 1 aliphatic rings. The molecule has 0 bridgehead atoms. The van der Waals surface area contributed by atoms with Crippen LogP contribution >= 0.6 is 0 Å². The second-order valence-electron chi connectivity index (χ2n) is 6.43. The standard InChI is InChI=1S/C20H22FNO2/c21-18-9-5-4-6-14(18)10-11-19(24)22-20(16-12-17(23)13-16)15-7-2-1-3-8-15/h1-9,16-17,20,23H,10-13H2,(H,22,24)/t16?,17?,20-/m0/s1. The fraction of sp³-hybridized carbons (Fsp3) is 0.350. The Bertz CT molecular complexity index is 683. The first-order valence-electron chi connectivity index (χ1n) is 8.39. The molecular weight excluding hydrogens is 305 g/mol. The minimum atomic E-state index is -0.271. The van der Waals surface area contributed by atoms with Gasteiger partial charge in [-0.15, -0.1) is 0 Å². The number of rotatable bonds is 6. The quantitative estimate of drug-likeness (QED) is 0.854. The number of benzene rings is 2. The van der Waals surface area contributed by atoms with Gasteiger partial charge in [-0.1, -0.05) is 48.5 Å². The van der Waals surface area contributed by atoms with Crippen LogP contribution in [-0.2, 0) is 11.2 Å². The number of hydrogen-bond donors (Lipinski definition) is 2. The molecule has 1 fully saturated rings. The minimum Gasteiger partial charge on any atom is -0.393 e. The average molecular weight is 327 g/mol. The van der Waals surface area contributed by atoms with Gasteiger partial charge in [0, 0.05) is 6.42 Å². The highest BCUT2D eigenvalue weighted by molar-refractivity contribution is 5.76. The number of aliphatic hydroxyl groups is 1. The van der Waals surface area contributed by atoms with Gasteiger partial charge >= 0.3 is 0 Å². The third-order valence-corrected chi connectivity index (χ3v) is 4.68. The van der Waals surface area contributed by atoms with Crippen LogP contribution in [0.5, 0.6) is 0 Å². The fourth-order valence-electron chi connectivity index (χ4n) is 3.23. The fourth-order valence-corrected chi connectivity index (χ4v) is 3.23. The molecule has 1 aliphatic carbocycles. The molecule has 2 aromatic carbocycles. The molecule has 1 saturated carbocycles. The molecule has 1 amide bonds. The third kappa shape index (κ3) is 4.01. The maximum absolute atomic E-state index is 13.6. The molecule has 0 aromatic heterocycles. The van der Waals surface area contributed by atoms with Gasteiger partial charge in [0.15, 0.2) is 0 Å². The molecule has 3 rings (SSSR count). The van der Waals surface area contributed by atoms with E-state index in [1.54, 1.807) is 18.2 Å². The van der Waals surface area contributed by atoms with Crippen LogP contribution in [0.25, 0.3) is 0 Å². The molecule has 0 unspecified atom stereocenters. The SMILES string of the molecule is O=C(CCc1ccccc1F)N[C@@H](c1ccccc1)C1CC(O)C1. The molecule has 24 heavy (non-hydrogen) atoms. The highest BCUT2D eigenvalue weighted by Gasteiger charge is 2.35. The van der Waals surface area contributed by atoms with Crippen LogP contribution in [0.4, 0.5) is 4.39 Å². The zero-order valence-corrected chi connectivity index (χ0v) is 13.5. The molecule has 2 N–H and O–H groups in total. The van der Waals surface area contributed by atoms with Gasteiger partial charge in [0.05, 0.1) is 12.1 Å². The van der Waals surface area contributed by atoms with Gasteiger partial charge in [-0.05, 0) is 42.4 Å². The lowest BCUT2D eigenvalue weighted by atomic mass is 9.75. The average Bonchev–Trinajstić information content (AvgIpc) is 2.57. The Morgan fingerprint density at radius 1 is 1.12 bits per heavy atom. The third-order valence-electron chi connectivity index (χ3n) is 4.68. The summed E-state index contributed by atoms with van der Waals surface area (Å²) in [6.07, 6.45) is 1.77. The molecular formula is C20H22FNO2. The molecule has 0 heterocycles. The second kappa shape index (κ2) is 7.58. The van der Waals surface area contributed by atoms with E-state index in [1.165, 1.54) is 6.07 Å². The highest BCUT2D eigenvalue weighted by Crippen LogP contribution is 2.38. The summed E-state index contributed by atoms with van der Waals surface area (Å²) in [5.74, 6) is -0.111. The largest absolute Gasteiger partial charge is 0.393 e. The number of carbonyl (C=O) groups is 1. The zero-order valence-electron chi connectivity index (χ0n) is 13.5. The molecule has 2 aromatic rings. The van der Waals surface area contributed by atoms with Crippen molar-refractivity contribution in [3.8, 4) is 0 Å². The molecule has 4 heteroatoms. The van der Waals surface area contributed by atoms with Crippen LogP contribution in [0.3, 0.4) is 0 Å². The first-order chi connectivity index (χ1) is 11.6. The zero-order chi connectivity index (χ0) is 16.9. The van der Waals surface area contributed by atoms with E-state index in [2.05, 4.69) is 5.32 Å². The molecule has 0 radical (unpaired) electrons. The second-order valence-corrected chi connectivity index (χ2v) is 6.43. The number of amides is 1. The Balaban J connectivity index is 1.62. The van der Waals surface area contributed by atoms with Crippen LogP contribution in [0, 0.1) is 11.7 Å². The van der Waals surface area contributed by atoms with E-state index >= 15 is 0 Å². The van der Waals surface area contributed by atoms with Crippen molar-refractivity contribution >= 4 is 5.91 Å². The van der Waals surface area contributed by atoms with Crippen LogP contribution < -0.4 is 5.32 Å². The summed E-state index contributed by atoms with van der Waals surface area (Å²) in [5.41, 5.74) is 1.61. The van der Waals surface area contributed by atoms with E-state index < -0.39 is 0 Å². The van der Waals surface area contributed by atoms with Gasteiger partial charge in [0.25, 0.3) is 0 Å². The van der Waals surface area contributed by atoms with Crippen LogP contribution in [-0.4, -0.2) is 17.1 Å². The van der Waals surface area contributed by atoms with Gasteiger partial charge in [0.2, 0.25) is 5.91 Å². The summed E-state index contributed by atoms with van der Waals surface area (Å²) in [6.45, 7) is 0. The maximum atomic E-state index is 13.6. The molecule has 0 aliphatic heterocycles. The number of aliphatic hydroxyl groups excluding tert-OH is 1. The van der Waals surface area contributed by atoms with Crippen molar-refractivity contribution in [2.75, 3.05) is 0 Å². The summed E-state index contributed by atoms with van der Waals surface area (Å²) in [7, 11) is 0. The predicted molar refractivity (Wildman–Crippen MR) is 90.8 cm³/mol. The number of carbonyl (C=O) groups excluding carboxylic acids is 1. The van der Waals surface area contributed by atoms with E-state index in [9.17, 15) is 14.3 Å². The smallest absolute Gasteiger partial charge is 0.220 e. The number of hydrogen-bond acceptors (Lipinski definition) is 2. The monoisotopic (exact) mass is 327 g/mol. The normalized spacial score (nSPS) is 20.9. The van der Waals surface area contributed by atoms with Gasteiger partial charge in [-0.2, -0.15) is 0 Å². The Morgan fingerprint density at radius 2 is 1.79 bits per heavy atom. The van der Waals surface area contributed by atoms with Gasteiger partial charge < -0.3 is 10.4 Å². The Hall–Kier alpha value is -2.20. The summed E-state index contributed by atoms with van der Waals surface area (Å²) in [4.78, 5) is 12.3. The first kappa shape index (κ1) is 16.7. The van der Waals surface area contributed by atoms with E-state index in [-0.39, 0.29) is 36.2 Å². The molecule has 1 atom stereocenters. The number of aryl methyl sites for hydroxylation is 1. The van der Waals surface area contributed by atoms with E-state index in [0.717, 1.165) is 5.56 Å². The topological polar surface area (TPSA) is 49.3 Å². The predicted octanol–water partition coefficient (Wildman–Crippen LogP) is 3.39. The lowest BCUT2D eigenvalue weighted by Gasteiger charge is -2.38. The van der Waals surface area contributed by atoms with Crippen molar-refractivity contribution in [1.29, 1.82) is 0 Å². The van der Waals surface area contributed by atoms with Crippen molar-refractivity contribution in [2.45, 2.75) is 37.8 Å². The van der Waals surface area contributed by atoms with Crippen molar-refractivity contribution < 1.29 is 14.3 Å². The molecule has 3 nitrogen and oxygen atoms in total. The lowest BCUT2D eigenvalue weighted by Crippen LogP contribution is -2.41. The summed E-state index contributed by atoms with van der Waals surface area (Å²) in [6, 6.07) is 16.3. The van der Waals surface area contributed by atoms with E-state index in [1.807, 2.05) is 30.3 Å². The maximum Gasteiger partial charge on any atom is 0.220 e. The molecule has 126 valence electrons. The van der Waals surface area contributed by atoms with Crippen LogP contribution in [0.2, 0.25) is 0 Å². The Morgan fingerprint density at radius 3 is 2.46 bits per heavy atom. The molecule has 0 spiro atoms. The summed E-state index contributed by atoms with van der Waals surface area (Å²) in [5, 5.41) is 12.6.